The summed E-state index contributed by atoms with van der Waals surface area (Å²) in [6.07, 6.45) is 2.73. The molecule has 0 radical (unpaired) electrons. The van der Waals surface area contributed by atoms with Crippen LogP contribution in [0.1, 0.15) is 44.8 Å². The zero-order valence-corrected chi connectivity index (χ0v) is 25.9. The van der Waals surface area contributed by atoms with Gasteiger partial charge in [0.25, 0.3) is 20.0 Å². The molecule has 1 aliphatic heterocycles. The molecule has 1 aliphatic rings. The summed E-state index contributed by atoms with van der Waals surface area (Å²) in [5.74, 6) is 0.111. The van der Waals surface area contributed by atoms with E-state index in [4.69, 9.17) is 4.74 Å². The quantitative estimate of drug-likeness (QED) is 0.240. The smallest absolute Gasteiger partial charge is 0.277 e. The highest BCUT2D eigenvalue weighted by Gasteiger charge is 2.37. The number of rotatable bonds is 7. The normalized spacial score (nSPS) is 20.5. The van der Waals surface area contributed by atoms with Crippen molar-refractivity contribution >= 4 is 57.6 Å². The van der Waals surface area contributed by atoms with Gasteiger partial charge in [0.15, 0.2) is 0 Å². The molecule has 1 saturated heterocycles. The Morgan fingerprint density at radius 3 is 1.74 bits per heavy atom. The largest absolute Gasteiger partial charge is 0.370 e. The molecule has 202 valence electrons. The predicted octanol–water partition coefficient (Wildman–Crippen LogP) is 7.62. The van der Waals surface area contributed by atoms with Gasteiger partial charge in [-0.1, -0.05) is 62.6 Å². The summed E-state index contributed by atoms with van der Waals surface area (Å²) in [5, 5.41) is 0. The number of ether oxygens (including phenoxy) is 1. The van der Waals surface area contributed by atoms with Crippen LogP contribution in [-0.4, -0.2) is 22.9 Å². The Bertz CT molecular complexity index is 1430. The molecule has 3 atom stereocenters. The molecular weight excluding hydrogens is 654 g/mol. The van der Waals surface area contributed by atoms with Gasteiger partial charge in [-0.15, -0.1) is 0 Å². The molecule has 0 aromatic heterocycles. The van der Waals surface area contributed by atoms with Crippen LogP contribution in [0.2, 0.25) is 0 Å². The maximum absolute atomic E-state index is 13.8. The van der Waals surface area contributed by atoms with E-state index in [2.05, 4.69) is 38.4 Å². The molecule has 3 aromatic carbocycles. The van der Waals surface area contributed by atoms with E-state index in [1.54, 1.807) is 36.4 Å². The van der Waals surface area contributed by atoms with Crippen LogP contribution >= 0.6 is 31.9 Å². The van der Waals surface area contributed by atoms with Gasteiger partial charge in [-0.25, -0.2) is 16.8 Å². The van der Waals surface area contributed by atoms with Crippen LogP contribution < -0.4 is 3.71 Å². The Balaban J connectivity index is 1.82. The van der Waals surface area contributed by atoms with E-state index in [0.717, 1.165) is 30.4 Å². The molecule has 38 heavy (non-hydrogen) atoms. The average molecular weight is 683 g/mol. The first-order chi connectivity index (χ1) is 17.9. The lowest BCUT2D eigenvalue weighted by atomic mass is 9.87. The Labute approximate surface area is 242 Å². The van der Waals surface area contributed by atoms with Crippen molar-refractivity contribution < 1.29 is 21.6 Å². The first kappa shape index (κ1) is 29.0. The van der Waals surface area contributed by atoms with E-state index in [1.165, 1.54) is 36.4 Å². The number of nitrogens with zero attached hydrogens (tertiary/aromatic N) is 1. The summed E-state index contributed by atoms with van der Waals surface area (Å²) in [5.41, 5.74) is 1.87. The topological polar surface area (TPSA) is 80.8 Å². The van der Waals surface area contributed by atoms with Crippen molar-refractivity contribution in [1.82, 2.24) is 0 Å². The molecule has 0 N–H and O–H groups in total. The lowest BCUT2D eigenvalue weighted by Gasteiger charge is -2.28. The minimum absolute atomic E-state index is 0.00753. The van der Waals surface area contributed by atoms with Gasteiger partial charge >= 0.3 is 0 Å². The molecule has 6 nitrogen and oxygen atoms in total. The van der Waals surface area contributed by atoms with Crippen LogP contribution in [0.25, 0.3) is 0 Å². The molecule has 0 amide bonds. The summed E-state index contributed by atoms with van der Waals surface area (Å²) >= 11 is 6.60. The zero-order valence-electron chi connectivity index (χ0n) is 21.0. The summed E-state index contributed by atoms with van der Waals surface area (Å²) < 4.78 is 63.5. The van der Waals surface area contributed by atoms with Crippen molar-refractivity contribution in [2.75, 3.05) is 3.71 Å². The summed E-state index contributed by atoms with van der Waals surface area (Å²) in [6, 6.07) is 18.3. The van der Waals surface area contributed by atoms with Gasteiger partial charge in [0.1, 0.15) is 0 Å². The number of sulfonamides is 2. The molecule has 3 aromatic rings. The highest BCUT2D eigenvalue weighted by atomic mass is 79.9. The van der Waals surface area contributed by atoms with E-state index < -0.39 is 20.0 Å². The van der Waals surface area contributed by atoms with Crippen molar-refractivity contribution in [3.8, 4) is 0 Å². The van der Waals surface area contributed by atoms with Crippen molar-refractivity contribution in [1.29, 1.82) is 0 Å². The van der Waals surface area contributed by atoms with E-state index >= 15 is 0 Å². The second-order valence-electron chi connectivity index (χ2n) is 9.46. The minimum Gasteiger partial charge on any atom is -0.370 e. The molecular formula is C28H29Br2NO5S2. The highest BCUT2D eigenvalue weighted by molar-refractivity contribution is 9.10. The average Bonchev–Trinajstić information content (AvgIpc) is 3.06. The minimum atomic E-state index is -4.50. The van der Waals surface area contributed by atoms with Gasteiger partial charge in [0.2, 0.25) is 0 Å². The van der Waals surface area contributed by atoms with Crippen LogP contribution in [0.5, 0.6) is 0 Å². The molecule has 0 unspecified atom stereocenters. The lowest BCUT2D eigenvalue weighted by molar-refractivity contribution is -0.0174. The maximum atomic E-state index is 13.8. The Morgan fingerprint density at radius 1 is 0.816 bits per heavy atom. The van der Waals surface area contributed by atoms with Gasteiger partial charge < -0.3 is 4.74 Å². The molecule has 0 bridgehead atoms. The van der Waals surface area contributed by atoms with Crippen LogP contribution in [0, 0.1) is 5.92 Å². The summed E-state index contributed by atoms with van der Waals surface area (Å²) in [7, 11) is -8.99. The van der Waals surface area contributed by atoms with Crippen molar-refractivity contribution in [2.24, 2.45) is 5.92 Å². The van der Waals surface area contributed by atoms with Crippen molar-refractivity contribution in [3.05, 3.63) is 99.5 Å². The molecule has 1 fully saturated rings. The maximum Gasteiger partial charge on any atom is 0.277 e. The Hall–Kier alpha value is -1.98. The number of benzene rings is 3. The van der Waals surface area contributed by atoms with E-state index in [1.807, 2.05) is 13.8 Å². The Morgan fingerprint density at radius 2 is 1.29 bits per heavy atom. The third-order valence-corrected chi connectivity index (χ3v) is 11.9. The van der Waals surface area contributed by atoms with Crippen LogP contribution in [0.15, 0.2) is 104 Å². The van der Waals surface area contributed by atoms with Gasteiger partial charge in [0.05, 0.1) is 27.7 Å². The molecule has 10 heteroatoms. The molecule has 0 saturated carbocycles. The SMILES string of the molecule is C=C(C)[C@@H]1CCC[C@H](C)O[C@@H]1c1ccc(N(S(=O)(=O)c2ccc(Br)cc2)S(=O)(=O)c2ccc(Br)cc2)cc1. The van der Waals surface area contributed by atoms with Gasteiger partial charge in [-0.2, -0.15) is 3.71 Å². The predicted molar refractivity (Wildman–Crippen MR) is 157 cm³/mol. The van der Waals surface area contributed by atoms with Crippen molar-refractivity contribution in [3.63, 3.8) is 0 Å². The molecule has 1 heterocycles. The zero-order chi connectivity index (χ0) is 27.7. The number of hydrogen-bond donors (Lipinski definition) is 0. The first-order valence-corrected chi connectivity index (χ1v) is 16.6. The second-order valence-corrected chi connectivity index (χ2v) is 15.1. The highest BCUT2D eigenvalue weighted by Crippen LogP contribution is 2.40. The lowest BCUT2D eigenvalue weighted by Crippen LogP contribution is -2.37. The number of halogens is 2. The first-order valence-electron chi connectivity index (χ1n) is 12.1. The molecule has 0 aliphatic carbocycles. The molecule has 0 spiro atoms. The second kappa shape index (κ2) is 11.6. The van der Waals surface area contributed by atoms with Gasteiger partial charge in [0, 0.05) is 14.9 Å². The summed E-state index contributed by atoms with van der Waals surface area (Å²) in [6.45, 7) is 8.19. The fourth-order valence-electron chi connectivity index (χ4n) is 4.60. The van der Waals surface area contributed by atoms with Crippen LogP contribution in [0.3, 0.4) is 0 Å². The monoisotopic (exact) mass is 681 g/mol. The van der Waals surface area contributed by atoms with Crippen LogP contribution in [-0.2, 0) is 24.8 Å². The van der Waals surface area contributed by atoms with Crippen molar-refractivity contribution in [2.45, 2.75) is 55.1 Å². The molecule has 4 rings (SSSR count). The number of anilines is 1. The number of hydrogen-bond acceptors (Lipinski definition) is 5. The third-order valence-electron chi connectivity index (χ3n) is 6.60. The fourth-order valence-corrected chi connectivity index (χ4v) is 8.82. The van der Waals surface area contributed by atoms with Gasteiger partial charge in [-0.05, 0) is 92.9 Å². The van der Waals surface area contributed by atoms with Crippen LogP contribution in [0.4, 0.5) is 5.69 Å². The standard InChI is InChI=1S/C28H29Br2NO5S2/c1-19(2)27-6-4-5-20(3)36-28(27)21-7-13-24(14-8-21)31(37(32,33)25-15-9-22(29)10-16-25)38(34,35)26-17-11-23(30)12-18-26/h7-18,20,27-28H,1,4-6H2,2-3H3/t20-,27-,28+/m0/s1. The van der Waals surface area contributed by atoms with E-state index in [9.17, 15) is 16.8 Å². The van der Waals surface area contributed by atoms with E-state index in [-0.39, 0.29) is 33.6 Å². The van der Waals surface area contributed by atoms with E-state index in [0.29, 0.717) is 12.7 Å². The Kier molecular flexibility index (Phi) is 8.88. The van der Waals surface area contributed by atoms with Gasteiger partial charge in [-0.3, -0.25) is 0 Å². The fraction of sp³-hybridized carbons (Fsp3) is 0.286. The third kappa shape index (κ3) is 6.09. The summed E-state index contributed by atoms with van der Waals surface area (Å²) in [4.78, 5) is -0.289.